The monoisotopic (exact) mass is 372 g/mol. The number of aromatic nitrogens is 1. The molecule has 2 N–H and O–H groups in total. The molecule has 2 aromatic rings. The molecule has 0 unspecified atom stereocenters. The third-order valence-corrected chi connectivity index (χ3v) is 6.91. The zero-order valence-corrected chi connectivity index (χ0v) is 15.6. The fourth-order valence-electron chi connectivity index (χ4n) is 4.78. The molecule has 1 aromatic heterocycles. The van der Waals surface area contributed by atoms with Gasteiger partial charge < -0.3 is 15.1 Å². The molecule has 0 radical (unpaired) electrons. The van der Waals surface area contributed by atoms with Crippen molar-refractivity contribution >= 4 is 17.2 Å². The van der Waals surface area contributed by atoms with Crippen molar-refractivity contribution in [1.82, 2.24) is 9.88 Å². The molecule has 1 amide bonds. The standard InChI is InChI=1S/C20H24N2O3S/c1-20-10-14(13-6-3-2-4-7-13)22(19(25)16-11-21-12-26-16)17(20)9-5-8-15(23)18(20)24/h2-4,6-7,11-12,14-15,17-18,23-24H,5,8-10H2,1H3/t14-,15-,17-,18-,20-/m1/s1. The number of hydrogen-bond donors (Lipinski definition) is 2. The number of aliphatic hydroxyl groups is 2. The summed E-state index contributed by atoms with van der Waals surface area (Å²) in [5.41, 5.74) is 2.21. The van der Waals surface area contributed by atoms with Crippen molar-refractivity contribution in [3.8, 4) is 0 Å². The highest BCUT2D eigenvalue weighted by molar-refractivity contribution is 7.11. The molecule has 1 aliphatic carbocycles. The summed E-state index contributed by atoms with van der Waals surface area (Å²) in [6.07, 6.45) is 2.86. The predicted molar refractivity (Wildman–Crippen MR) is 99.8 cm³/mol. The van der Waals surface area contributed by atoms with E-state index >= 15 is 0 Å². The molecule has 0 spiro atoms. The van der Waals surface area contributed by atoms with E-state index in [-0.39, 0.29) is 18.0 Å². The Morgan fingerprint density at radius 1 is 1.27 bits per heavy atom. The van der Waals surface area contributed by atoms with Gasteiger partial charge in [-0.25, -0.2) is 0 Å². The highest BCUT2D eigenvalue weighted by Gasteiger charge is 2.57. The normalized spacial score (nSPS) is 34.3. The molecule has 2 aliphatic rings. The number of fused-ring (bicyclic) bond motifs is 1. The zero-order valence-electron chi connectivity index (χ0n) is 14.8. The molecule has 5 nitrogen and oxygen atoms in total. The predicted octanol–water partition coefficient (Wildman–Crippen LogP) is 3.01. The summed E-state index contributed by atoms with van der Waals surface area (Å²) in [6.45, 7) is 2.02. The van der Waals surface area contributed by atoms with Gasteiger partial charge in [-0.05, 0) is 31.2 Å². The summed E-state index contributed by atoms with van der Waals surface area (Å²) in [5.74, 6) is -0.0290. The molecule has 0 bridgehead atoms. The lowest BCUT2D eigenvalue weighted by atomic mass is 9.74. The van der Waals surface area contributed by atoms with E-state index in [4.69, 9.17) is 0 Å². The maximum atomic E-state index is 13.3. The summed E-state index contributed by atoms with van der Waals surface area (Å²) in [5, 5.41) is 21.3. The maximum Gasteiger partial charge on any atom is 0.266 e. The van der Waals surface area contributed by atoms with Crippen molar-refractivity contribution in [1.29, 1.82) is 0 Å². The number of carbonyl (C=O) groups excluding carboxylic acids is 1. The third-order valence-electron chi connectivity index (χ3n) is 6.15. The van der Waals surface area contributed by atoms with Crippen LogP contribution in [0, 0.1) is 5.41 Å². The highest BCUT2D eigenvalue weighted by atomic mass is 32.1. The number of thiazole rings is 1. The Balaban J connectivity index is 1.79. The fraction of sp³-hybridized carbons (Fsp3) is 0.500. The van der Waals surface area contributed by atoms with Gasteiger partial charge in [0.1, 0.15) is 4.88 Å². The maximum absolute atomic E-state index is 13.3. The van der Waals surface area contributed by atoms with Crippen LogP contribution in [0.3, 0.4) is 0 Å². The first-order valence-electron chi connectivity index (χ1n) is 9.14. The number of likely N-dealkylation sites (tertiary alicyclic amines) is 1. The van der Waals surface area contributed by atoms with E-state index in [0.717, 1.165) is 18.4 Å². The summed E-state index contributed by atoms with van der Waals surface area (Å²) >= 11 is 1.35. The molecular weight excluding hydrogens is 348 g/mol. The van der Waals surface area contributed by atoms with E-state index in [9.17, 15) is 15.0 Å². The Bertz CT molecular complexity index is 767. The van der Waals surface area contributed by atoms with Crippen LogP contribution in [0.1, 0.15) is 53.9 Å². The minimum absolute atomic E-state index is 0.0290. The number of rotatable bonds is 2. The summed E-state index contributed by atoms with van der Waals surface area (Å²) in [4.78, 5) is 20.0. The van der Waals surface area contributed by atoms with Gasteiger partial charge in [0.2, 0.25) is 0 Å². The van der Waals surface area contributed by atoms with Crippen LogP contribution in [0.4, 0.5) is 0 Å². The highest BCUT2D eigenvalue weighted by Crippen LogP contribution is 2.53. The number of amides is 1. The number of benzene rings is 1. The van der Waals surface area contributed by atoms with Crippen molar-refractivity contribution in [3.05, 3.63) is 52.5 Å². The van der Waals surface area contributed by atoms with Crippen LogP contribution >= 0.6 is 11.3 Å². The van der Waals surface area contributed by atoms with E-state index < -0.39 is 17.6 Å². The lowest BCUT2D eigenvalue weighted by Gasteiger charge is -2.38. The second-order valence-corrected chi connectivity index (χ2v) is 8.56. The molecule has 1 saturated heterocycles. The van der Waals surface area contributed by atoms with Crippen LogP contribution < -0.4 is 0 Å². The Morgan fingerprint density at radius 3 is 2.73 bits per heavy atom. The van der Waals surface area contributed by atoms with Crippen molar-refractivity contribution in [2.75, 3.05) is 0 Å². The first-order chi connectivity index (χ1) is 12.5. The van der Waals surface area contributed by atoms with Crippen LogP contribution in [-0.4, -0.2) is 44.3 Å². The fourth-order valence-corrected chi connectivity index (χ4v) is 5.34. The van der Waals surface area contributed by atoms with Crippen LogP contribution in [0.5, 0.6) is 0 Å². The Hall–Kier alpha value is -1.76. The van der Waals surface area contributed by atoms with E-state index in [1.165, 1.54) is 11.3 Å². The van der Waals surface area contributed by atoms with Gasteiger partial charge in [0.25, 0.3) is 5.91 Å². The summed E-state index contributed by atoms with van der Waals surface area (Å²) < 4.78 is 0. The molecule has 4 rings (SSSR count). The van der Waals surface area contributed by atoms with Crippen molar-refractivity contribution < 1.29 is 15.0 Å². The van der Waals surface area contributed by atoms with Crippen molar-refractivity contribution in [2.45, 2.75) is 56.9 Å². The molecule has 2 fully saturated rings. The van der Waals surface area contributed by atoms with Gasteiger partial charge in [-0.15, -0.1) is 11.3 Å². The topological polar surface area (TPSA) is 73.7 Å². The lowest BCUT2D eigenvalue weighted by molar-refractivity contribution is -0.0612. The number of nitrogens with zero attached hydrogens (tertiary/aromatic N) is 2. The SMILES string of the molecule is C[C@@]12C[C@H](c3ccccc3)N(C(=O)c3cncs3)[C@@H]1CCC[C@@H](O)[C@H]2O. The number of aliphatic hydroxyl groups excluding tert-OH is 2. The minimum Gasteiger partial charge on any atom is -0.390 e. The third kappa shape index (κ3) is 2.76. The van der Waals surface area contributed by atoms with Gasteiger partial charge in [0.05, 0.1) is 30.0 Å². The molecule has 6 heteroatoms. The van der Waals surface area contributed by atoms with Crippen LogP contribution in [0.2, 0.25) is 0 Å². The second-order valence-electron chi connectivity index (χ2n) is 7.67. The number of carbonyl (C=O) groups is 1. The van der Waals surface area contributed by atoms with Gasteiger partial charge in [0.15, 0.2) is 0 Å². The van der Waals surface area contributed by atoms with E-state index in [1.807, 2.05) is 42.2 Å². The van der Waals surface area contributed by atoms with Gasteiger partial charge in [0, 0.05) is 11.5 Å². The van der Waals surface area contributed by atoms with Crippen LogP contribution in [-0.2, 0) is 0 Å². The largest absolute Gasteiger partial charge is 0.390 e. The molecule has 26 heavy (non-hydrogen) atoms. The zero-order chi connectivity index (χ0) is 18.3. The van der Waals surface area contributed by atoms with Crippen LogP contribution in [0.25, 0.3) is 0 Å². The van der Waals surface area contributed by atoms with Gasteiger partial charge >= 0.3 is 0 Å². The Morgan fingerprint density at radius 2 is 2.04 bits per heavy atom. The molecule has 1 aromatic carbocycles. The average molecular weight is 372 g/mol. The first kappa shape index (κ1) is 17.6. The molecular formula is C20H24N2O3S. The van der Waals surface area contributed by atoms with Crippen molar-refractivity contribution in [2.24, 2.45) is 5.41 Å². The molecule has 5 atom stereocenters. The van der Waals surface area contributed by atoms with Gasteiger partial charge in [-0.3, -0.25) is 9.78 Å². The van der Waals surface area contributed by atoms with Crippen molar-refractivity contribution in [3.63, 3.8) is 0 Å². The molecule has 2 heterocycles. The van der Waals surface area contributed by atoms with E-state index in [0.29, 0.717) is 17.7 Å². The Labute approximate surface area is 157 Å². The number of hydrogen-bond acceptors (Lipinski definition) is 5. The molecule has 1 saturated carbocycles. The second kappa shape index (κ2) is 6.76. The first-order valence-corrected chi connectivity index (χ1v) is 10.0. The summed E-state index contributed by atoms with van der Waals surface area (Å²) in [7, 11) is 0. The minimum atomic E-state index is -0.833. The van der Waals surface area contributed by atoms with Gasteiger partial charge in [-0.1, -0.05) is 37.3 Å². The Kier molecular flexibility index (Phi) is 4.59. The lowest BCUT2D eigenvalue weighted by Crippen LogP contribution is -2.48. The van der Waals surface area contributed by atoms with E-state index in [2.05, 4.69) is 4.98 Å². The molecule has 138 valence electrons. The quantitative estimate of drug-likeness (QED) is 0.850. The van der Waals surface area contributed by atoms with Crippen LogP contribution in [0.15, 0.2) is 42.0 Å². The average Bonchev–Trinajstić information content (AvgIpc) is 3.27. The van der Waals surface area contributed by atoms with E-state index in [1.54, 1.807) is 11.7 Å². The molecule has 1 aliphatic heterocycles. The smallest absolute Gasteiger partial charge is 0.266 e. The van der Waals surface area contributed by atoms with Gasteiger partial charge in [-0.2, -0.15) is 0 Å². The summed E-state index contributed by atoms with van der Waals surface area (Å²) in [6, 6.07) is 9.78.